The number of halogens is 2. The van der Waals surface area contributed by atoms with E-state index in [9.17, 15) is 22.9 Å². The molecule has 12 heteroatoms. The second-order valence-electron chi connectivity index (χ2n) is 7.86. The number of carbonyl (C=O) groups is 1. The van der Waals surface area contributed by atoms with Crippen molar-refractivity contribution in [3.05, 3.63) is 81.8 Å². The Labute approximate surface area is 222 Å². The van der Waals surface area contributed by atoms with Crippen molar-refractivity contribution in [1.29, 1.82) is 0 Å². The third-order valence-corrected chi connectivity index (χ3v) is 6.85. The van der Waals surface area contributed by atoms with Crippen molar-refractivity contribution in [1.82, 2.24) is 0 Å². The number of carbonyl (C=O) groups excluding carboxylic acids is 1. The molecule has 190 valence electrons. The maximum Gasteiger partial charge on any atom is 0.294 e. The highest BCUT2D eigenvalue weighted by atomic mass is 35.5. The molecule has 4 aromatic rings. The van der Waals surface area contributed by atoms with Crippen molar-refractivity contribution in [3.63, 3.8) is 0 Å². The van der Waals surface area contributed by atoms with Crippen LogP contribution < -0.4 is 10.1 Å². The number of phenols is 1. The summed E-state index contributed by atoms with van der Waals surface area (Å²) >= 11 is 12.3. The number of anilines is 1. The van der Waals surface area contributed by atoms with Gasteiger partial charge in [-0.3, -0.25) is 9.35 Å². The minimum absolute atomic E-state index is 0.00404. The summed E-state index contributed by atoms with van der Waals surface area (Å²) in [5.74, 6) is -0.826. The molecule has 0 saturated carbocycles. The molecule has 4 aromatic carbocycles. The zero-order valence-corrected chi connectivity index (χ0v) is 21.7. The Hall–Kier alpha value is -3.70. The summed E-state index contributed by atoms with van der Waals surface area (Å²) in [6, 6.07) is 15.5. The number of aromatic hydroxyl groups is 1. The molecule has 0 aliphatic carbocycles. The number of azo groups is 1. The number of nitrogens with zero attached hydrogens (tertiary/aromatic N) is 2. The number of para-hydroxylation sites is 1. The molecular formula is C25H19Cl2N3O6S. The highest BCUT2D eigenvalue weighted by molar-refractivity contribution is 7.85. The summed E-state index contributed by atoms with van der Waals surface area (Å²) in [4.78, 5) is 12.8. The Bertz CT molecular complexity index is 1670. The van der Waals surface area contributed by atoms with Gasteiger partial charge in [0.1, 0.15) is 11.4 Å². The topological polar surface area (TPSA) is 138 Å². The number of methoxy groups -OCH3 is 1. The van der Waals surface area contributed by atoms with Crippen molar-refractivity contribution >= 4 is 67.1 Å². The van der Waals surface area contributed by atoms with Crippen molar-refractivity contribution in [2.45, 2.75) is 11.8 Å². The third-order valence-electron chi connectivity index (χ3n) is 5.43. The monoisotopic (exact) mass is 559 g/mol. The predicted molar refractivity (Wildman–Crippen MR) is 142 cm³/mol. The summed E-state index contributed by atoms with van der Waals surface area (Å²) in [6.45, 7) is 1.54. The van der Waals surface area contributed by atoms with Crippen LogP contribution in [-0.2, 0) is 10.1 Å². The van der Waals surface area contributed by atoms with Crippen LogP contribution in [0.5, 0.6) is 11.5 Å². The van der Waals surface area contributed by atoms with E-state index in [4.69, 9.17) is 27.9 Å². The summed E-state index contributed by atoms with van der Waals surface area (Å²) in [6.07, 6.45) is 0. The molecule has 3 N–H and O–H groups in total. The van der Waals surface area contributed by atoms with Gasteiger partial charge in [-0.05, 0) is 48.2 Å². The second kappa shape index (κ2) is 10.3. The average molecular weight is 560 g/mol. The smallest absolute Gasteiger partial charge is 0.294 e. The Morgan fingerprint density at radius 3 is 2.35 bits per heavy atom. The van der Waals surface area contributed by atoms with E-state index in [0.29, 0.717) is 27.0 Å². The normalized spacial score (nSPS) is 11.7. The summed E-state index contributed by atoms with van der Waals surface area (Å²) in [7, 11) is -3.06. The van der Waals surface area contributed by atoms with Crippen molar-refractivity contribution in [2.24, 2.45) is 10.2 Å². The quantitative estimate of drug-likeness (QED) is 0.170. The van der Waals surface area contributed by atoms with Crippen molar-refractivity contribution in [2.75, 3.05) is 12.4 Å². The molecule has 0 saturated heterocycles. The van der Waals surface area contributed by atoms with E-state index in [1.54, 1.807) is 42.5 Å². The van der Waals surface area contributed by atoms with Crippen LogP contribution >= 0.6 is 23.2 Å². The first-order valence-electron chi connectivity index (χ1n) is 10.6. The van der Waals surface area contributed by atoms with Gasteiger partial charge in [-0.15, -0.1) is 10.2 Å². The Kier molecular flexibility index (Phi) is 7.37. The maximum absolute atomic E-state index is 13.2. The SMILES string of the molecule is COc1c(Cl)cccc1NC(=O)c1cc2ccccc2c(N=Nc2c(C)cc(S(=O)(=O)O)cc2Cl)c1O. The van der Waals surface area contributed by atoms with E-state index in [0.717, 1.165) is 6.07 Å². The molecule has 1 amide bonds. The van der Waals surface area contributed by atoms with Crippen LogP contribution in [0, 0.1) is 6.92 Å². The number of fused-ring (bicyclic) bond motifs is 1. The first kappa shape index (κ1) is 26.4. The van der Waals surface area contributed by atoms with E-state index in [2.05, 4.69) is 15.5 Å². The molecule has 0 radical (unpaired) electrons. The minimum atomic E-state index is -4.47. The zero-order chi connectivity index (χ0) is 26.9. The molecule has 0 atom stereocenters. The van der Waals surface area contributed by atoms with Crippen molar-refractivity contribution in [3.8, 4) is 11.5 Å². The molecule has 0 bridgehead atoms. The molecular weight excluding hydrogens is 541 g/mol. The number of rotatable bonds is 6. The molecule has 0 aromatic heterocycles. The lowest BCUT2D eigenvalue weighted by Gasteiger charge is -2.14. The number of benzene rings is 4. The van der Waals surface area contributed by atoms with Crippen LogP contribution in [0.4, 0.5) is 17.1 Å². The highest BCUT2D eigenvalue weighted by Gasteiger charge is 2.21. The summed E-state index contributed by atoms with van der Waals surface area (Å²) < 4.78 is 37.5. The molecule has 37 heavy (non-hydrogen) atoms. The largest absolute Gasteiger partial charge is 0.505 e. The summed E-state index contributed by atoms with van der Waals surface area (Å²) in [5, 5.41) is 23.4. The third kappa shape index (κ3) is 5.37. The lowest BCUT2D eigenvalue weighted by molar-refractivity contribution is 0.102. The molecule has 0 aliphatic heterocycles. The van der Waals surface area contributed by atoms with Crippen LogP contribution in [0.25, 0.3) is 10.8 Å². The standard InChI is InChI=1S/C25H19Cl2N3O6S/c1-13-10-15(37(33,34)35)12-19(27)21(13)29-30-22-16-7-4-3-6-14(16)11-17(23(22)31)25(32)28-20-9-5-8-18(26)24(20)36-2/h3-12,31H,1-2H3,(H,28,32)(H,33,34,35). The van der Waals surface area contributed by atoms with E-state index < -0.39 is 26.7 Å². The van der Waals surface area contributed by atoms with Crippen LogP contribution in [0.3, 0.4) is 0 Å². The molecule has 0 heterocycles. The van der Waals surface area contributed by atoms with Gasteiger partial charge in [0.05, 0.1) is 33.3 Å². The first-order valence-corrected chi connectivity index (χ1v) is 12.8. The molecule has 0 spiro atoms. The summed E-state index contributed by atoms with van der Waals surface area (Å²) in [5.41, 5.74) is 0.651. The van der Waals surface area contributed by atoms with E-state index >= 15 is 0 Å². The fourth-order valence-electron chi connectivity index (χ4n) is 3.68. The number of aryl methyl sites for hydroxylation is 1. The molecule has 0 unspecified atom stereocenters. The number of phenolic OH excluding ortho intramolecular Hbond substituents is 1. The highest BCUT2D eigenvalue weighted by Crippen LogP contribution is 2.41. The molecule has 0 fully saturated rings. The van der Waals surface area contributed by atoms with Gasteiger partial charge in [0.15, 0.2) is 11.5 Å². The number of nitrogens with one attached hydrogen (secondary N) is 1. The van der Waals surface area contributed by atoms with Gasteiger partial charge >= 0.3 is 0 Å². The molecule has 0 aliphatic rings. The number of ether oxygens (including phenoxy) is 1. The Balaban J connectivity index is 1.81. The number of hydrogen-bond donors (Lipinski definition) is 3. The Morgan fingerprint density at radius 2 is 1.68 bits per heavy atom. The first-order chi connectivity index (χ1) is 17.5. The van der Waals surface area contributed by atoms with E-state index in [1.807, 2.05) is 0 Å². The van der Waals surface area contributed by atoms with E-state index in [1.165, 1.54) is 26.2 Å². The van der Waals surface area contributed by atoms with E-state index in [-0.39, 0.29) is 27.7 Å². The fraction of sp³-hybridized carbons (Fsp3) is 0.0800. The van der Waals surface area contributed by atoms with Gasteiger partial charge in [-0.25, -0.2) is 0 Å². The zero-order valence-electron chi connectivity index (χ0n) is 19.4. The number of amides is 1. The fourth-order valence-corrected chi connectivity index (χ4v) is 4.89. The molecule has 9 nitrogen and oxygen atoms in total. The lowest BCUT2D eigenvalue weighted by atomic mass is 10.0. The van der Waals surface area contributed by atoms with Gasteiger partial charge in [0, 0.05) is 5.39 Å². The van der Waals surface area contributed by atoms with Crippen LogP contribution in [0.1, 0.15) is 15.9 Å². The van der Waals surface area contributed by atoms with Gasteiger partial charge in [0.25, 0.3) is 16.0 Å². The lowest BCUT2D eigenvalue weighted by Crippen LogP contribution is -2.13. The van der Waals surface area contributed by atoms with Crippen molar-refractivity contribution < 1.29 is 27.6 Å². The van der Waals surface area contributed by atoms with Gasteiger partial charge in [-0.1, -0.05) is 53.5 Å². The van der Waals surface area contributed by atoms with Crippen LogP contribution in [-0.4, -0.2) is 31.1 Å². The van der Waals surface area contributed by atoms with Gasteiger partial charge in [-0.2, -0.15) is 8.42 Å². The maximum atomic E-state index is 13.2. The second-order valence-corrected chi connectivity index (χ2v) is 10.1. The molecule has 4 rings (SSSR count). The van der Waals surface area contributed by atoms with Gasteiger partial charge in [0.2, 0.25) is 0 Å². The predicted octanol–water partition coefficient (Wildman–Crippen LogP) is 7.08. The Morgan fingerprint density at radius 1 is 0.973 bits per heavy atom. The average Bonchev–Trinajstić information content (AvgIpc) is 2.83. The number of hydrogen-bond acceptors (Lipinski definition) is 7. The minimum Gasteiger partial charge on any atom is -0.505 e. The van der Waals surface area contributed by atoms with Gasteiger partial charge < -0.3 is 15.2 Å². The van der Waals surface area contributed by atoms with Crippen LogP contribution in [0.15, 0.2) is 75.8 Å². The van der Waals surface area contributed by atoms with Crippen LogP contribution in [0.2, 0.25) is 10.0 Å².